The molecule has 0 spiro atoms. The summed E-state index contributed by atoms with van der Waals surface area (Å²) in [5, 5.41) is 0. The Morgan fingerprint density at radius 1 is 1.47 bits per heavy atom. The molecular weight excluding hydrogens is 214 g/mol. The van der Waals surface area contributed by atoms with Gasteiger partial charge in [-0.2, -0.15) is 0 Å². The van der Waals surface area contributed by atoms with Gasteiger partial charge in [0, 0.05) is 13.7 Å². The van der Waals surface area contributed by atoms with Crippen molar-refractivity contribution in [2.24, 2.45) is 0 Å². The van der Waals surface area contributed by atoms with Crippen LogP contribution in [0.25, 0.3) is 0 Å². The van der Waals surface area contributed by atoms with E-state index in [1.165, 1.54) is 5.56 Å². The Hall–Kier alpha value is -1.35. The summed E-state index contributed by atoms with van der Waals surface area (Å²) in [5.41, 5.74) is 2.29. The van der Waals surface area contributed by atoms with Crippen LogP contribution in [0, 0.1) is 6.92 Å². The molecule has 1 aliphatic heterocycles. The number of rotatable bonds is 3. The van der Waals surface area contributed by atoms with Crippen LogP contribution in [0.5, 0.6) is 0 Å². The zero-order chi connectivity index (χ0) is 12.3. The van der Waals surface area contributed by atoms with E-state index in [1.54, 1.807) is 0 Å². The lowest BCUT2D eigenvalue weighted by Gasteiger charge is -2.23. The first kappa shape index (κ1) is 12.1. The van der Waals surface area contributed by atoms with Crippen LogP contribution in [0.4, 0.5) is 0 Å². The minimum atomic E-state index is 0.176. The minimum absolute atomic E-state index is 0.176. The normalized spacial score (nSPS) is 19.3. The number of carbonyl (C=O) groups is 1. The van der Waals surface area contributed by atoms with Crippen LogP contribution in [0.1, 0.15) is 17.5 Å². The van der Waals surface area contributed by atoms with E-state index in [2.05, 4.69) is 0 Å². The van der Waals surface area contributed by atoms with Crippen LogP contribution >= 0.6 is 0 Å². The molecule has 3 nitrogen and oxygen atoms in total. The summed E-state index contributed by atoms with van der Waals surface area (Å²) in [5.74, 6) is 0.176. The van der Waals surface area contributed by atoms with Gasteiger partial charge in [0.15, 0.2) is 0 Å². The zero-order valence-corrected chi connectivity index (χ0v) is 10.5. The zero-order valence-electron chi connectivity index (χ0n) is 10.5. The van der Waals surface area contributed by atoms with E-state index in [1.807, 2.05) is 43.1 Å². The minimum Gasteiger partial charge on any atom is -0.379 e. The first-order valence-electron chi connectivity index (χ1n) is 6.06. The lowest BCUT2D eigenvalue weighted by Crippen LogP contribution is -2.38. The van der Waals surface area contributed by atoms with Gasteiger partial charge in [0.25, 0.3) is 0 Å². The summed E-state index contributed by atoms with van der Waals surface area (Å²) < 4.78 is 5.31. The number of carbonyl (C=O) groups excluding carboxylic acids is 1. The molecule has 1 heterocycles. The third kappa shape index (κ3) is 2.86. The van der Waals surface area contributed by atoms with E-state index in [4.69, 9.17) is 4.74 Å². The van der Waals surface area contributed by atoms with Gasteiger partial charge in [-0.25, -0.2) is 0 Å². The molecule has 1 fully saturated rings. The summed E-state index contributed by atoms with van der Waals surface area (Å²) in [6.07, 6.45) is 1.44. The summed E-state index contributed by atoms with van der Waals surface area (Å²) >= 11 is 0. The maximum absolute atomic E-state index is 12.1. The van der Waals surface area contributed by atoms with Gasteiger partial charge in [0.2, 0.25) is 5.91 Å². The summed E-state index contributed by atoms with van der Waals surface area (Å²) in [6, 6.07) is 8.30. The molecule has 0 saturated carbocycles. The van der Waals surface area contributed by atoms with Crippen molar-refractivity contribution in [3.05, 3.63) is 35.4 Å². The summed E-state index contributed by atoms with van der Waals surface area (Å²) in [7, 11) is 1.87. The van der Waals surface area contributed by atoms with E-state index < -0.39 is 0 Å². The molecule has 3 heteroatoms. The molecule has 0 aromatic heterocycles. The van der Waals surface area contributed by atoms with Crippen LogP contribution in [0.15, 0.2) is 24.3 Å². The van der Waals surface area contributed by atoms with Gasteiger partial charge in [-0.05, 0) is 24.5 Å². The molecule has 92 valence electrons. The molecule has 1 atom stereocenters. The number of hydrogen-bond acceptors (Lipinski definition) is 2. The highest BCUT2D eigenvalue weighted by atomic mass is 16.5. The third-order valence-corrected chi connectivity index (χ3v) is 3.45. The first-order chi connectivity index (χ1) is 8.18. The molecule has 1 amide bonds. The Bertz CT molecular complexity index is 397. The number of nitrogens with zero attached hydrogens (tertiary/aromatic N) is 1. The molecule has 1 unspecified atom stereocenters. The van der Waals surface area contributed by atoms with Crippen LogP contribution < -0.4 is 0 Å². The van der Waals surface area contributed by atoms with E-state index in [0.29, 0.717) is 13.0 Å². The predicted molar refractivity (Wildman–Crippen MR) is 66.9 cm³/mol. The lowest BCUT2D eigenvalue weighted by molar-refractivity contribution is -0.131. The lowest BCUT2D eigenvalue weighted by atomic mass is 10.0. The monoisotopic (exact) mass is 233 g/mol. The van der Waals surface area contributed by atoms with E-state index in [-0.39, 0.29) is 11.9 Å². The maximum atomic E-state index is 12.1. The van der Waals surface area contributed by atoms with Gasteiger partial charge in [0.05, 0.1) is 19.1 Å². The Morgan fingerprint density at radius 2 is 2.24 bits per heavy atom. The molecule has 0 bridgehead atoms. The fraction of sp³-hybridized carbons (Fsp3) is 0.500. The second kappa shape index (κ2) is 5.32. The van der Waals surface area contributed by atoms with E-state index in [9.17, 15) is 4.79 Å². The number of ether oxygens (including phenoxy) is 1. The molecule has 0 N–H and O–H groups in total. The molecule has 1 aromatic rings. The average Bonchev–Trinajstić information content (AvgIpc) is 2.84. The van der Waals surface area contributed by atoms with Crippen LogP contribution in [0.2, 0.25) is 0 Å². The Balaban J connectivity index is 1.99. The molecular formula is C14H19NO2. The van der Waals surface area contributed by atoms with Crippen molar-refractivity contribution in [1.29, 1.82) is 0 Å². The Labute approximate surface area is 102 Å². The molecule has 17 heavy (non-hydrogen) atoms. The fourth-order valence-electron chi connectivity index (χ4n) is 2.13. The SMILES string of the molecule is Cc1ccccc1CC(=O)N(C)C1CCOC1. The van der Waals surface area contributed by atoms with Gasteiger partial charge in [0.1, 0.15) is 0 Å². The van der Waals surface area contributed by atoms with E-state index in [0.717, 1.165) is 18.6 Å². The van der Waals surface area contributed by atoms with Crippen LogP contribution in [0.3, 0.4) is 0 Å². The van der Waals surface area contributed by atoms with Crippen molar-refractivity contribution in [3.63, 3.8) is 0 Å². The molecule has 1 aliphatic rings. The number of aryl methyl sites for hydroxylation is 1. The highest BCUT2D eigenvalue weighted by Gasteiger charge is 2.24. The average molecular weight is 233 g/mol. The van der Waals surface area contributed by atoms with E-state index >= 15 is 0 Å². The highest BCUT2D eigenvalue weighted by molar-refractivity contribution is 5.79. The van der Waals surface area contributed by atoms with Crippen molar-refractivity contribution in [2.45, 2.75) is 25.8 Å². The quantitative estimate of drug-likeness (QED) is 0.796. The Kier molecular flexibility index (Phi) is 3.79. The van der Waals surface area contributed by atoms with Crippen LogP contribution in [-0.2, 0) is 16.0 Å². The smallest absolute Gasteiger partial charge is 0.227 e. The predicted octanol–water partition coefficient (Wildman–Crippen LogP) is 1.78. The topological polar surface area (TPSA) is 29.5 Å². The third-order valence-electron chi connectivity index (χ3n) is 3.45. The van der Waals surface area contributed by atoms with Crippen molar-refractivity contribution >= 4 is 5.91 Å². The van der Waals surface area contributed by atoms with Gasteiger partial charge < -0.3 is 9.64 Å². The molecule has 1 aromatic carbocycles. The maximum Gasteiger partial charge on any atom is 0.227 e. The van der Waals surface area contributed by atoms with Crippen LogP contribution in [-0.4, -0.2) is 37.1 Å². The number of hydrogen-bond donors (Lipinski definition) is 0. The van der Waals surface area contributed by atoms with Crippen molar-refractivity contribution in [2.75, 3.05) is 20.3 Å². The first-order valence-corrected chi connectivity index (χ1v) is 6.06. The van der Waals surface area contributed by atoms with Gasteiger partial charge in [-0.1, -0.05) is 24.3 Å². The van der Waals surface area contributed by atoms with Gasteiger partial charge >= 0.3 is 0 Å². The van der Waals surface area contributed by atoms with Crippen molar-refractivity contribution in [1.82, 2.24) is 4.90 Å². The number of benzene rings is 1. The van der Waals surface area contributed by atoms with Gasteiger partial charge in [-0.15, -0.1) is 0 Å². The highest BCUT2D eigenvalue weighted by Crippen LogP contribution is 2.14. The fourth-order valence-corrected chi connectivity index (χ4v) is 2.13. The molecule has 0 aliphatic carbocycles. The second-order valence-corrected chi connectivity index (χ2v) is 4.63. The largest absolute Gasteiger partial charge is 0.379 e. The summed E-state index contributed by atoms with van der Waals surface area (Å²) in [4.78, 5) is 14.0. The summed E-state index contributed by atoms with van der Waals surface area (Å²) in [6.45, 7) is 3.49. The Morgan fingerprint density at radius 3 is 2.88 bits per heavy atom. The number of amides is 1. The molecule has 1 saturated heterocycles. The second-order valence-electron chi connectivity index (χ2n) is 4.63. The number of likely N-dealkylation sites (N-methyl/N-ethyl adjacent to an activating group) is 1. The van der Waals surface area contributed by atoms with Gasteiger partial charge in [-0.3, -0.25) is 4.79 Å². The van der Waals surface area contributed by atoms with Crippen molar-refractivity contribution in [3.8, 4) is 0 Å². The molecule has 2 rings (SSSR count). The molecule has 0 radical (unpaired) electrons. The standard InChI is InChI=1S/C14H19NO2/c1-11-5-3-4-6-12(11)9-14(16)15(2)13-7-8-17-10-13/h3-6,13H,7-10H2,1-2H3. The van der Waals surface area contributed by atoms with Crippen molar-refractivity contribution < 1.29 is 9.53 Å².